The summed E-state index contributed by atoms with van der Waals surface area (Å²) in [4.78, 5) is 0. The molecule has 0 amide bonds. The molecule has 0 aromatic rings. The average molecular weight is 228 g/mol. The van der Waals surface area contributed by atoms with Gasteiger partial charge in [0.15, 0.2) is 0 Å². The largest absolute Gasteiger partial charge is 0.158 e. The topological polar surface area (TPSA) is 0 Å². The van der Waals surface area contributed by atoms with Crippen LogP contribution >= 0.6 is 11.8 Å². The van der Waals surface area contributed by atoms with Gasteiger partial charge in [0.25, 0.3) is 0 Å². The molecule has 0 bridgehead atoms. The minimum atomic E-state index is 1.02. The van der Waals surface area contributed by atoms with E-state index in [2.05, 4.69) is 25.6 Å². The van der Waals surface area contributed by atoms with Crippen LogP contribution in [0.5, 0.6) is 0 Å². The van der Waals surface area contributed by atoms with Crippen LogP contribution in [0, 0.1) is 5.92 Å². The number of hydrogen-bond acceptors (Lipinski definition) is 1. The highest BCUT2D eigenvalue weighted by Crippen LogP contribution is 2.38. The molecule has 15 heavy (non-hydrogen) atoms. The van der Waals surface area contributed by atoms with Crippen LogP contribution < -0.4 is 0 Å². The van der Waals surface area contributed by atoms with Crippen LogP contribution in [-0.2, 0) is 0 Å². The molecule has 0 aromatic carbocycles. The summed E-state index contributed by atoms with van der Waals surface area (Å²) in [6, 6.07) is 0. The standard InChI is InChI=1S/C14H28S/c1-3-5-7-9-13-11-12-15-14(13)10-8-6-4-2/h13-14H,3-12H2,1-2H3. The molecule has 1 heteroatoms. The van der Waals surface area contributed by atoms with Gasteiger partial charge in [0, 0.05) is 5.25 Å². The van der Waals surface area contributed by atoms with Crippen molar-refractivity contribution in [2.45, 2.75) is 76.9 Å². The van der Waals surface area contributed by atoms with Crippen molar-refractivity contribution in [1.82, 2.24) is 0 Å². The lowest BCUT2D eigenvalue weighted by molar-refractivity contribution is 0.427. The third kappa shape index (κ3) is 5.29. The molecule has 0 spiro atoms. The summed E-state index contributed by atoms with van der Waals surface area (Å²) >= 11 is 2.26. The number of thioether (sulfide) groups is 1. The summed E-state index contributed by atoms with van der Waals surface area (Å²) in [7, 11) is 0. The van der Waals surface area contributed by atoms with E-state index in [9.17, 15) is 0 Å². The van der Waals surface area contributed by atoms with E-state index in [4.69, 9.17) is 0 Å². The zero-order valence-electron chi connectivity index (χ0n) is 10.6. The highest BCUT2D eigenvalue weighted by atomic mass is 32.2. The van der Waals surface area contributed by atoms with Crippen LogP contribution in [0.15, 0.2) is 0 Å². The van der Waals surface area contributed by atoms with Gasteiger partial charge in [0.2, 0.25) is 0 Å². The third-order valence-electron chi connectivity index (χ3n) is 3.62. The quantitative estimate of drug-likeness (QED) is 0.510. The predicted octanol–water partition coefficient (Wildman–Crippen LogP) is 5.27. The first-order valence-corrected chi connectivity index (χ1v) is 8.05. The van der Waals surface area contributed by atoms with Gasteiger partial charge in [-0.2, -0.15) is 11.8 Å². The van der Waals surface area contributed by atoms with Crippen LogP contribution in [-0.4, -0.2) is 11.0 Å². The summed E-state index contributed by atoms with van der Waals surface area (Å²) < 4.78 is 0. The Hall–Kier alpha value is 0.350. The second-order valence-corrected chi connectivity index (χ2v) is 6.30. The van der Waals surface area contributed by atoms with Crippen LogP contribution in [0.25, 0.3) is 0 Å². The Bertz CT molecular complexity index is 128. The van der Waals surface area contributed by atoms with Gasteiger partial charge in [-0.25, -0.2) is 0 Å². The maximum atomic E-state index is 2.31. The van der Waals surface area contributed by atoms with Crippen molar-refractivity contribution in [1.29, 1.82) is 0 Å². The molecule has 2 atom stereocenters. The Morgan fingerprint density at radius 2 is 1.60 bits per heavy atom. The van der Waals surface area contributed by atoms with E-state index in [-0.39, 0.29) is 0 Å². The van der Waals surface area contributed by atoms with Crippen LogP contribution in [0.1, 0.15) is 71.6 Å². The van der Waals surface area contributed by atoms with Crippen LogP contribution in [0.2, 0.25) is 0 Å². The molecule has 0 saturated carbocycles. The Labute approximate surface area is 101 Å². The zero-order chi connectivity index (χ0) is 10.9. The van der Waals surface area contributed by atoms with Gasteiger partial charge in [-0.1, -0.05) is 52.4 Å². The molecule has 1 aliphatic rings. The molecule has 0 aromatic heterocycles. The molecule has 0 aliphatic carbocycles. The second-order valence-electron chi connectivity index (χ2n) is 4.95. The SMILES string of the molecule is CCCCCC1CCSC1CCCCC. The van der Waals surface area contributed by atoms with Crippen molar-refractivity contribution in [2.75, 3.05) is 5.75 Å². The van der Waals surface area contributed by atoms with Gasteiger partial charge in [0.05, 0.1) is 0 Å². The smallest absolute Gasteiger partial charge is 0.00756 e. The average Bonchev–Trinajstić information content (AvgIpc) is 2.67. The minimum Gasteiger partial charge on any atom is -0.158 e. The van der Waals surface area contributed by atoms with E-state index in [1.54, 1.807) is 0 Å². The highest BCUT2D eigenvalue weighted by Gasteiger charge is 2.26. The van der Waals surface area contributed by atoms with E-state index in [1.165, 1.54) is 63.5 Å². The van der Waals surface area contributed by atoms with E-state index in [0.717, 1.165) is 11.2 Å². The third-order valence-corrected chi connectivity index (χ3v) is 5.14. The Kier molecular flexibility index (Phi) is 7.60. The molecule has 90 valence electrons. The Balaban J connectivity index is 2.11. The van der Waals surface area contributed by atoms with Crippen molar-refractivity contribution in [3.63, 3.8) is 0 Å². The molecule has 1 aliphatic heterocycles. The van der Waals surface area contributed by atoms with Crippen LogP contribution in [0.3, 0.4) is 0 Å². The van der Waals surface area contributed by atoms with Gasteiger partial charge in [0.1, 0.15) is 0 Å². The Morgan fingerprint density at radius 1 is 0.933 bits per heavy atom. The fraction of sp³-hybridized carbons (Fsp3) is 1.00. The molecule has 1 rings (SSSR count). The summed E-state index contributed by atoms with van der Waals surface area (Å²) in [6.07, 6.45) is 13.1. The lowest BCUT2D eigenvalue weighted by Crippen LogP contribution is -2.11. The molecule has 0 nitrogen and oxygen atoms in total. The van der Waals surface area contributed by atoms with Gasteiger partial charge < -0.3 is 0 Å². The fourth-order valence-electron chi connectivity index (χ4n) is 2.59. The fourth-order valence-corrected chi connectivity index (χ4v) is 4.21. The minimum absolute atomic E-state index is 1.02. The van der Waals surface area contributed by atoms with E-state index in [0.29, 0.717) is 0 Å². The normalized spacial score (nSPS) is 26.0. The summed E-state index contributed by atoms with van der Waals surface area (Å²) in [5, 5.41) is 1.02. The van der Waals surface area contributed by atoms with Crippen molar-refractivity contribution in [3.05, 3.63) is 0 Å². The van der Waals surface area contributed by atoms with Crippen molar-refractivity contribution in [2.24, 2.45) is 5.92 Å². The first kappa shape index (κ1) is 13.4. The Morgan fingerprint density at radius 3 is 2.27 bits per heavy atom. The predicted molar refractivity (Wildman–Crippen MR) is 72.6 cm³/mol. The van der Waals surface area contributed by atoms with Gasteiger partial charge in [-0.3, -0.25) is 0 Å². The van der Waals surface area contributed by atoms with E-state index >= 15 is 0 Å². The lowest BCUT2D eigenvalue weighted by Gasteiger charge is -2.18. The maximum Gasteiger partial charge on any atom is 0.00756 e. The van der Waals surface area contributed by atoms with Crippen molar-refractivity contribution >= 4 is 11.8 Å². The van der Waals surface area contributed by atoms with Crippen LogP contribution in [0.4, 0.5) is 0 Å². The monoisotopic (exact) mass is 228 g/mol. The van der Waals surface area contributed by atoms with Gasteiger partial charge in [-0.05, 0) is 30.9 Å². The summed E-state index contributed by atoms with van der Waals surface area (Å²) in [5.41, 5.74) is 0. The van der Waals surface area contributed by atoms with Crippen molar-refractivity contribution in [3.8, 4) is 0 Å². The number of unbranched alkanes of at least 4 members (excludes halogenated alkanes) is 4. The van der Waals surface area contributed by atoms with E-state index in [1.807, 2.05) is 0 Å². The second kappa shape index (κ2) is 8.50. The van der Waals surface area contributed by atoms with Crippen molar-refractivity contribution < 1.29 is 0 Å². The highest BCUT2D eigenvalue weighted by molar-refractivity contribution is 8.00. The lowest BCUT2D eigenvalue weighted by atomic mass is 9.92. The molecule has 1 heterocycles. The summed E-state index contributed by atoms with van der Waals surface area (Å²) in [6.45, 7) is 4.61. The molecule has 0 radical (unpaired) electrons. The first-order chi connectivity index (χ1) is 7.38. The molecule has 1 saturated heterocycles. The zero-order valence-corrected chi connectivity index (χ0v) is 11.5. The maximum absolute atomic E-state index is 2.31. The summed E-state index contributed by atoms with van der Waals surface area (Å²) in [5.74, 6) is 2.51. The molecular formula is C14H28S. The molecule has 1 fully saturated rings. The van der Waals surface area contributed by atoms with Gasteiger partial charge >= 0.3 is 0 Å². The molecular weight excluding hydrogens is 200 g/mol. The first-order valence-electron chi connectivity index (χ1n) is 7.00. The number of hydrogen-bond donors (Lipinski definition) is 0. The molecule has 0 N–H and O–H groups in total. The molecule has 2 unspecified atom stereocenters. The van der Waals surface area contributed by atoms with E-state index < -0.39 is 0 Å². The number of rotatable bonds is 8. The van der Waals surface area contributed by atoms with Gasteiger partial charge in [-0.15, -0.1) is 0 Å².